The summed E-state index contributed by atoms with van der Waals surface area (Å²) in [5.41, 5.74) is 0.747. The molecule has 0 bridgehead atoms. The van der Waals surface area contributed by atoms with Crippen molar-refractivity contribution in [1.29, 1.82) is 0 Å². The lowest BCUT2D eigenvalue weighted by atomic mass is 9.97. The minimum Gasteiger partial charge on any atom is -0.352 e. The first-order chi connectivity index (χ1) is 10.7. The third kappa shape index (κ3) is 4.70. The Balaban J connectivity index is 2.12. The van der Waals surface area contributed by atoms with Crippen LogP contribution in [0.25, 0.3) is 0 Å². The van der Waals surface area contributed by atoms with E-state index in [2.05, 4.69) is 10.4 Å². The van der Waals surface area contributed by atoms with E-state index in [4.69, 9.17) is 0 Å². The largest absolute Gasteiger partial charge is 0.404 e. The second kappa shape index (κ2) is 6.90. The van der Waals surface area contributed by atoms with Crippen LogP contribution in [-0.4, -0.2) is 45.4 Å². The Morgan fingerprint density at radius 2 is 2.13 bits per heavy atom. The summed E-state index contributed by atoms with van der Waals surface area (Å²) in [6.07, 6.45) is -0.553. The summed E-state index contributed by atoms with van der Waals surface area (Å²) in [5, 5.41) is 6.90. The van der Waals surface area contributed by atoms with Gasteiger partial charge in [0.25, 0.3) is 0 Å². The molecule has 5 nitrogen and oxygen atoms in total. The van der Waals surface area contributed by atoms with Crippen molar-refractivity contribution in [2.24, 2.45) is 0 Å². The van der Waals surface area contributed by atoms with Gasteiger partial charge in [-0.2, -0.15) is 18.3 Å². The van der Waals surface area contributed by atoms with Gasteiger partial charge in [-0.15, -0.1) is 0 Å². The molecule has 0 aromatic carbocycles. The number of nitrogens with one attached hydrogen (secondary N) is 1. The van der Waals surface area contributed by atoms with Gasteiger partial charge in [0.15, 0.2) is 0 Å². The molecule has 1 N–H and O–H groups in total. The monoisotopic (exact) mass is 332 g/mol. The Kier molecular flexibility index (Phi) is 5.33. The van der Waals surface area contributed by atoms with Gasteiger partial charge in [-0.05, 0) is 26.7 Å². The van der Waals surface area contributed by atoms with E-state index in [9.17, 15) is 18.0 Å². The summed E-state index contributed by atoms with van der Waals surface area (Å²) < 4.78 is 41.5. The number of nitrogens with zero attached hydrogens (tertiary/aromatic N) is 3. The lowest BCUT2D eigenvalue weighted by Crippen LogP contribution is -2.55. The van der Waals surface area contributed by atoms with Crippen molar-refractivity contribution >= 4 is 5.91 Å². The molecule has 2 rings (SSSR count). The Hall–Kier alpha value is -1.57. The Labute approximate surface area is 133 Å². The molecule has 23 heavy (non-hydrogen) atoms. The van der Waals surface area contributed by atoms with E-state index in [0.29, 0.717) is 6.42 Å². The van der Waals surface area contributed by atoms with Crippen LogP contribution in [0.4, 0.5) is 13.2 Å². The van der Waals surface area contributed by atoms with E-state index in [0.717, 1.165) is 5.56 Å². The molecule has 0 unspecified atom stereocenters. The third-order valence-corrected chi connectivity index (χ3v) is 4.04. The number of rotatable bonds is 4. The van der Waals surface area contributed by atoms with Crippen LogP contribution >= 0.6 is 0 Å². The number of hydrogen-bond donors (Lipinski definition) is 1. The van der Waals surface area contributed by atoms with Gasteiger partial charge >= 0.3 is 6.18 Å². The maximum Gasteiger partial charge on any atom is 0.404 e. The van der Waals surface area contributed by atoms with E-state index < -0.39 is 12.2 Å². The lowest BCUT2D eigenvalue weighted by molar-refractivity contribution is -0.194. The minimum atomic E-state index is -4.27. The highest BCUT2D eigenvalue weighted by Crippen LogP contribution is 2.33. The van der Waals surface area contributed by atoms with Gasteiger partial charge in [-0.25, -0.2) is 0 Å². The maximum absolute atomic E-state index is 13.3. The molecule has 1 aliphatic rings. The molecule has 1 aromatic rings. The topological polar surface area (TPSA) is 50.2 Å². The Bertz CT molecular complexity index is 541. The second-order valence-corrected chi connectivity index (χ2v) is 6.38. The smallest absolute Gasteiger partial charge is 0.352 e. The van der Waals surface area contributed by atoms with E-state index in [-0.39, 0.29) is 37.5 Å². The molecule has 0 aliphatic carbocycles. The van der Waals surface area contributed by atoms with Gasteiger partial charge in [0, 0.05) is 43.9 Å². The SMILES string of the molecule is CC(=O)N[C@@H]1CC[C@H](C(F)(F)F)N(Cc2cnn(C(C)C)c2)C1. The molecule has 0 radical (unpaired) electrons. The highest BCUT2D eigenvalue weighted by Gasteiger charge is 2.46. The standard InChI is InChI=1S/C15H23F3N4O/c1-10(2)22-8-12(6-19-22)7-21-9-13(20-11(3)23)4-5-14(21)15(16,17)18/h6,8,10,13-14H,4-5,7,9H2,1-3H3,(H,20,23)/t13-,14-/m1/s1. The average Bonchev–Trinajstić information content (AvgIpc) is 2.85. The van der Waals surface area contributed by atoms with Crippen molar-refractivity contribution in [2.45, 2.75) is 64.5 Å². The summed E-state index contributed by atoms with van der Waals surface area (Å²) in [4.78, 5) is 12.6. The molecular weight excluding hydrogens is 309 g/mol. The van der Waals surface area contributed by atoms with Crippen LogP contribution in [0, 0.1) is 0 Å². The molecule has 1 fully saturated rings. The fraction of sp³-hybridized carbons (Fsp3) is 0.733. The third-order valence-electron chi connectivity index (χ3n) is 4.04. The first-order valence-corrected chi connectivity index (χ1v) is 7.77. The van der Waals surface area contributed by atoms with Crippen LogP contribution in [0.2, 0.25) is 0 Å². The van der Waals surface area contributed by atoms with Crippen LogP contribution in [0.1, 0.15) is 45.2 Å². The number of carbonyl (C=O) groups is 1. The Morgan fingerprint density at radius 3 is 2.65 bits per heavy atom. The number of piperidine rings is 1. The quantitative estimate of drug-likeness (QED) is 0.922. The summed E-state index contributed by atoms with van der Waals surface area (Å²) in [6, 6.07) is -1.56. The average molecular weight is 332 g/mol. The number of carbonyl (C=O) groups excluding carboxylic acids is 1. The zero-order chi connectivity index (χ0) is 17.2. The van der Waals surface area contributed by atoms with Crippen molar-refractivity contribution in [3.63, 3.8) is 0 Å². The maximum atomic E-state index is 13.3. The van der Waals surface area contributed by atoms with Crippen LogP contribution in [0.5, 0.6) is 0 Å². The van der Waals surface area contributed by atoms with E-state index in [1.807, 2.05) is 13.8 Å². The number of likely N-dealkylation sites (tertiary alicyclic amines) is 1. The van der Waals surface area contributed by atoms with Gasteiger partial charge in [0.2, 0.25) is 5.91 Å². The summed E-state index contributed by atoms with van der Waals surface area (Å²) in [6.45, 7) is 5.67. The highest BCUT2D eigenvalue weighted by molar-refractivity contribution is 5.73. The number of hydrogen-bond acceptors (Lipinski definition) is 3. The van der Waals surface area contributed by atoms with Gasteiger partial charge < -0.3 is 5.32 Å². The number of aromatic nitrogens is 2. The van der Waals surface area contributed by atoms with Crippen molar-refractivity contribution in [2.75, 3.05) is 6.54 Å². The molecule has 2 atom stereocenters. The summed E-state index contributed by atoms with van der Waals surface area (Å²) in [5.74, 6) is -0.215. The fourth-order valence-corrected chi connectivity index (χ4v) is 2.97. The molecule has 130 valence electrons. The molecule has 8 heteroatoms. The van der Waals surface area contributed by atoms with Gasteiger partial charge in [0.1, 0.15) is 6.04 Å². The van der Waals surface area contributed by atoms with E-state index in [1.54, 1.807) is 17.1 Å². The van der Waals surface area contributed by atoms with Crippen molar-refractivity contribution in [1.82, 2.24) is 20.0 Å². The van der Waals surface area contributed by atoms with Crippen molar-refractivity contribution < 1.29 is 18.0 Å². The Morgan fingerprint density at radius 1 is 1.43 bits per heavy atom. The van der Waals surface area contributed by atoms with Crippen molar-refractivity contribution in [3.05, 3.63) is 18.0 Å². The zero-order valence-corrected chi connectivity index (χ0v) is 13.6. The lowest BCUT2D eigenvalue weighted by Gasteiger charge is -2.40. The summed E-state index contributed by atoms with van der Waals surface area (Å²) >= 11 is 0. The zero-order valence-electron chi connectivity index (χ0n) is 13.6. The van der Waals surface area contributed by atoms with E-state index >= 15 is 0 Å². The second-order valence-electron chi connectivity index (χ2n) is 6.38. The van der Waals surface area contributed by atoms with Gasteiger partial charge in [-0.1, -0.05) is 0 Å². The number of alkyl halides is 3. The van der Waals surface area contributed by atoms with Gasteiger partial charge in [0.05, 0.1) is 6.20 Å². The number of amides is 1. The molecular formula is C15H23F3N4O. The first-order valence-electron chi connectivity index (χ1n) is 7.77. The van der Waals surface area contributed by atoms with Crippen molar-refractivity contribution in [3.8, 4) is 0 Å². The predicted octanol–water partition coefficient (Wildman–Crippen LogP) is 2.50. The predicted molar refractivity (Wildman–Crippen MR) is 79.7 cm³/mol. The van der Waals surface area contributed by atoms with Crippen LogP contribution in [0.15, 0.2) is 12.4 Å². The summed E-state index contributed by atoms with van der Waals surface area (Å²) in [7, 11) is 0. The molecule has 2 heterocycles. The molecule has 1 aromatic heterocycles. The fourth-order valence-electron chi connectivity index (χ4n) is 2.97. The normalized spacial score (nSPS) is 23.3. The molecule has 1 saturated heterocycles. The number of halogens is 3. The highest BCUT2D eigenvalue weighted by atomic mass is 19.4. The van der Waals surface area contributed by atoms with E-state index in [1.165, 1.54) is 11.8 Å². The van der Waals surface area contributed by atoms with Gasteiger partial charge in [-0.3, -0.25) is 14.4 Å². The minimum absolute atomic E-state index is 0.00718. The molecule has 0 spiro atoms. The first kappa shape index (κ1) is 17.8. The molecule has 0 saturated carbocycles. The van der Waals surface area contributed by atoms with Crippen LogP contribution in [0.3, 0.4) is 0 Å². The molecule has 1 amide bonds. The molecule has 1 aliphatic heterocycles. The van der Waals surface area contributed by atoms with Crippen LogP contribution in [-0.2, 0) is 11.3 Å². The van der Waals surface area contributed by atoms with Crippen LogP contribution < -0.4 is 5.32 Å².